The Bertz CT molecular complexity index is 193. The Morgan fingerprint density at radius 3 is 2.62 bits per heavy atom. The lowest BCUT2D eigenvalue weighted by Gasteiger charge is -2.15. The van der Waals surface area contributed by atoms with E-state index in [1.165, 1.54) is 0 Å². The first-order valence-electron chi connectivity index (χ1n) is 4.17. The summed E-state index contributed by atoms with van der Waals surface area (Å²) in [6.45, 7) is -0.529. The number of hydrogen-bond donors (Lipinski definition) is 3. The zero-order valence-electron chi connectivity index (χ0n) is 7.18. The third kappa shape index (κ3) is 4.17. The lowest BCUT2D eigenvalue weighted by Crippen LogP contribution is -2.16. The predicted molar refractivity (Wildman–Crippen MR) is 44.5 cm³/mol. The third-order valence-electron chi connectivity index (χ3n) is 1.83. The van der Waals surface area contributed by atoms with Crippen LogP contribution in [-0.4, -0.2) is 22.8 Å². The average Bonchev–Trinajstić information content (AvgIpc) is 2.52. The lowest BCUT2D eigenvalue weighted by molar-refractivity contribution is 0.0368. The van der Waals surface area contributed by atoms with E-state index in [9.17, 15) is 4.57 Å². The number of hydrogen-bond acceptors (Lipinski definition) is 5. The van der Waals surface area contributed by atoms with Crippen LogP contribution in [0, 0.1) is 0 Å². The number of nitrogens with one attached hydrogen (secondary N) is 1. The second-order valence-electron chi connectivity index (χ2n) is 2.87. The molecular weight excluding hydrogens is 197 g/mol. The van der Waals surface area contributed by atoms with Crippen LogP contribution in [0.3, 0.4) is 0 Å². The van der Waals surface area contributed by atoms with E-state index in [0.717, 1.165) is 25.7 Å². The summed E-state index contributed by atoms with van der Waals surface area (Å²) in [5.74, 6) is 0. The topological polar surface area (TPSA) is 88.0 Å². The van der Waals surface area contributed by atoms with Crippen molar-refractivity contribution < 1.29 is 23.7 Å². The van der Waals surface area contributed by atoms with Crippen LogP contribution in [0.1, 0.15) is 25.7 Å². The van der Waals surface area contributed by atoms with Gasteiger partial charge in [-0.3, -0.25) is 4.52 Å². The normalized spacial score (nSPS) is 23.2. The van der Waals surface area contributed by atoms with Crippen molar-refractivity contribution in [2.75, 3.05) is 6.73 Å². The van der Waals surface area contributed by atoms with Gasteiger partial charge in [0.15, 0.2) is 0 Å². The summed E-state index contributed by atoms with van der Waals surface area (Å²) in [5, 5.41) is 8.27. The highest BCUT2D eigenvalue weighted by molar-refractivity contribution is 7.47. The molecule has 78 valence electrons. The molecule has 1 saturated carbocycles. The van der Waals surface area contributed by atoms with E-state index in [4.69, 9.17) is 14.5 Å². The molecule has 1 atom stereocenters. The van der Waals surface area contributed by atoms with Gasteiger partial charge in [-0.15, -0.1) is 0 Å². The third-order valence-corrected chi connectivity index (χ3v) is 2.75. The molecule has 1 aliphatic rings. The van der Waals surface area contributed by atoms with Crippen molar-refractivity contribution in [2.45, 2.75) is 31.8 Å². The first-order valence-corrected chi connectivity index (χ1v) is 5.67. The average molecular weight is 211 g/mol. The van der Waals surface area contributed by atoms with Gasteiger partial charge >= 0.3 is 7.82 Å². The standard InChI is InChI=1S/C6H14NO5P/c8-5-7-12-13(9,10)11-6-3-1-2-4-6/h6-8H,1-5H2,(H,9,10). The summed E-state index contributed by atoms with van der Waals surface area (Å²) in [7, 11) is -4.03. The van der Waals surface area contributed by atoms with Crippen molar-refractivity contribution in [1.82, 2.24) is 5.48 Å². The van der Waals surface area contributed by atoms with Crippen molar-refractivity contribution >= 4 is 7.82 Å². The summed E-state index contributed by atoms with van der Waals surface area (Å²) >= 11 is 0. The molecule has 1 rings (SSSR count). The summed E-state index contributed by atoms with van der Waals surface area (Å²) in [4.78, 5) is 9.04. The highest BCUT2D eigenvalue weighted by Gasteiger charge is 2.28. The highest BCUT2D eigenvalue weighted by Crippen LogP contribution is 2.45. The molecule has 0 aromatic carbocycles. The molecule has 1 unspecified atom stereocenters. The molecule has 6 nitrogen and oxygen atoms in total. The predicted octanol–water partition coefficient (Wildman–Crippen LogP) is 0.517. The monoisotopic (exact) mass is 211 g/mol. The summed E-state index contributed by atoms with van der Waals surface area (Å²) in [6, 6.07) is 0. The van der Waals surface area contributed by atoms with Crippen molar-refractivity contribution in [1.29, 1.82) is 0 Å². The fourth-order valence-electron chi connectivity index (χ4n) is 1.31. The molecule has 0 heterocycles. The van der Waals surface area contributed by atoms with Gasteiger partial charge in [-0.1, -0.05) is 12.8 Å². The van der Waals surface area contributed by atoms with Crippen LogP contribution < -0.4 is 5.48 Å². The Labute approximate surface area is 76.4 Å². The molecule has 0 radical (unpaired) electrons. The number of aliphatic hydroxyl groups excluding tert-OH is 1. The summed E-state index contributed by atoms with van der Waals surface area (Å²) < 4.78 is 20.1. The number of phosphoric ester groups is 1. The molecule has 1 fully saturated rings. The molecule has 0 aromatic heterocycles. The van der Waals surface area contributed by atoms with Crippen LogP contribution in [0.25, 0.3) is 0 Å². The van der Waals surface area contributed by atoms with Crippen LogP contribution in [0.5, 0.6) is 0 Å². The van der Waals surface area contributed by atoms with E-state index in [-0.39, 0.29) is 6.10 Å². The van der Waals surface area contributed by atoms with Crippen LogP contribution in [-0.2, 0) is 13.7 Å². The van der Waals surface area contributed by atoms with Gasteiger partial charge < -0.3 is 10.00 Å². The van der Waals surface area contributed by atoms with E-state index < -0.39 is 14.6 Å². The van der Waals surface area contributed by atoms with Crippen LogP contribution >= 0.6 is 7.82 Å². The van der Waals surface area contributed by atoms with E-state index >= 15 is 0 Å². The molecular formula is C6H14NO5P. The molecule has 7 heteroatoms. The SMILES string of the molecule is O=P(O)(ONCO)OC1CCCC1. The van der Waals surface area contributed by atoms with Gasteiger partial charge in [-0.25, -0.2) is 4.57 Å². The Kier molecular flexibility index (Phi) is 4.31. The number of aliphatic hydroxyl groups is 1. The quantitative estimate of drug-likeness (QED) is 0.349. The Balaban J connectivity index is 2.27. The molecule has 0 aliphatic heterocycles. The van der Waals surface area contributed by atoms with E-state index in [0.29, 0.717) is 0 Å². The van der Waals surface area contributed by atoms with Crippen molar-refractivity contribution in [3.8, 4) is 0 Å². The molecule has 0 spiro atoms. The minimum atomic E-state index is -4.03. The number of hydroxylamine groups is 1. The second-order valence-corrected chi connectivity index (χ2v) is 4.20. The first kappa shape index (κ1) is 11.1. The molecule has 0 saturated heterocycles. The van der Waals surface area contributed by atoms with Crippen molar-refractivity contribution in [2.24, 2.45) is 0 Å². The molecule has 3 N–H and O–H groups in total. The summed E-state index contributed by atoms with van der Waals surface area (Å²) in [5.41, 5.74) is 1.88. The number of rotatable bonds is 5. The maximum Gasteiger partial charge on any atom is 0.489 e. The molecule has 0 aromatic rings. The number of phosphoric acid groups is 1. The van der Waals surface area contributed by atoms with Crippen LogP contribution in [0.15, 0.2) is 0 Å². The van der Waals surface area contributed by atoms with Gasteiger partial charge in [0, 0.05) is 0 Å². The zero-order chi connectivity index (χ0) is 9.73. The van der Waals surface area contributed by atoms with Gasteiger partial charge in [-0.05, 0) is 12.8 Å². The molecule has 1 aliphatic carbocycles. The van der Waals surface area contributed by atoms with Crippen LogP contribution in [0.2, 0.25) is 0 Å². The zero-order valence-corrected chi connectivity index (χ0v) is 8.07. The largest absolute Gasteiger partial charge is 0.489 e. The maximum absolute atomic E-state index is 11.1. The highest BCUT2D eigenvalue weighted by atomic mass is 31.2. The maximum atomic E-state index is 11.1. The van der Waals surface area contributed by atoms with E-state index in [2.05, 4.69) is 4.62 Å². The van der Waals surface area contributed by atoms with Gasteiger partial charge in [-0.2, -0.15) is 10.1 Å². The van der Waals surface area contributed by atoms with Gasteiger partial charge in [0.1, 0.15) is 6.73 Å². The second kappa shape index (κ2) is 5.05. The Morgan fingerprint density at radius 1 is 1.46 bits per heavy atom. The van der Waals surface area contributed by atoms with Crippen molar-refractivity contribution in [3.05, 3.63) is 0 Å². The fraction of sp³-hybridized carbons (Fsp3) is 1.00. The Hall–Kier alpha value is 0.0300. The molecule has 0 bridgehead atoms. The molecule has 13 heavy (non-hydrogen) atoms. The smallest absolute Gasteiger partial charge is 0.379 e. The van der Waals surface area contributed by atoms with Gasteiger partial charge in [0.25, 0.3) is 0 Å². The van der Waals surface area contributed by atoms with E-state index in [1.54, 1.807) is 0 Å². The van der Waals surface area contributed by atoms with Gasteiger partial charge in [0.05, 0.1) is 6.10 Å². The summed E-state index contributed by atoms with van der Waals surface area (Å²) in [6.07, 6.45) is 3.40. The Morgan fingerprint density at radius 2 is 2.08 bits per heavy atom. The lowest BCUT2D eigenvalue weighted by atomic mass is 10.3. The minimum absolute atomic E-state index is 0.198. The first-order chi connectivity index (χ1) is 6.14. The molecule has 0 amide bonds. The minimum Gasteiger partial charge on any atom is -0.379 e. The van der Waals surface area contributed by atoms with Crippen LogP contribution in [0.4, 0.5) is 0 Å². The fourth-order valence-corrected chi connectivity index (χ4v) is 2.17. The van der Waals surface area contributed by atoms with E-state index in [1.807, 2.05) is 5.48 Å². The van der Waals surface area contributed by atoms with Gasteiger partial charge in [0.2, 0.25) is 0 Å². The van der Waals surface area contributed by atoms with Crippen molar-refractivity contribution in [3.63, 3.8) is 0 Å².